The Morgan fingerprint density at radius 3 is 2.64 bits per heavy atom. The number of phenols is 1. The molecular weight excluding hydrogens is 556 g/mol. The number of carbonyl (C=O) groups excluding carboxylic acids is 1. The lowest BCUT2D eigenvalue weighted by atomic mass is 10.1. The van der Waals surface area contributed by atoms with Crippen molar-refractivity contribution in [3.63, 3.8) is 0 Å². The van der Waals surface area contributed by atoms with Crippen molar-refractivity contribution in [2.45, 2.75) is 19.4 Å². The van der Waals surface area contributed by atoms with Crippen LogP contribution in [-0.4, -0.2) is 79.6 Å². The number of fused-ring (bicyclic) bond motifs is 1. The number of aromatic hydroxyl groups is 1. The van der Waals surface area contributed by atoms with E-state index in [0.717, 1.165) is 6.42 Å². The number of phenolic OH excluding ortho intramolecular Hbond substituents is 1. The van der Waals surface area contributed by atoms with Crippen molar-refractivity contribution in [2.75, 3.05) is 31.1 Å². The maximum absolute atomic E-state index is 12.5. The third-order valence-corrected chi connectivity index (χ3v) is 7.21. The first kappa shape index (κ1) is 29.7. The molecule has 1 amide bonds. The van der Waals surface area contributed by atoms with E-state index < -0.39 is 0 Å². The third-order valence-electron chi connectivity index (χ3n) is 7.21. The van der Waals surface area contributed by atoms with E-state index in [-0.39, 0.29) is 41.5 Å². The van der Waals surface area contributed by atoms with Crippen molar-refractivity contribution < 1.29 is 9.90 Å². The predicted molar refractivity (Wildman–Crippen MR) is 169 cm³/mol. The maximum Gasteiger partial charge on any atom is 0.272 e. The SMILES string of the molecule is CC1CCN(/C(=C/C(=N)c2ccccc2O)C(=N)N)CCN1c1ccnc(C#CCNC(=O)c2cnc3ccccc3n2)n1. The van der Waals surface area contributed by atoms with Gasteiger partial charge in [-0.25, -0.2) is 15.0 Å². The van der Waals surface area contributed by atoms with E-state index in [1.54, 1.807) is 30.5 Å². The van der Waals surface area contributed by atoms with Crippen LogP contribution in [0.4, 0.5) is 5.82 Å². The molecule has 1 aliphatic rings. The smallest absolute Gasteiger partial charge is 0.272 e. The monoisotopic (exact) mass is 588 g/mol. The number of para-hydroxylation sites is 3. The highest BCUT2D eigenvalue weighted by Crippen LogP contribution is 2.22. The molecule has 1 aliphatic heterocycles. The van der Waals surface area contributed by atoms with Gasteiger partial charge in [0.2, 0.25) is 5.82 Å². The number of anilines is 1. The van der Waals surface area contributed by atoms with Crippen LogP contribution in [-0.2, 0) is 0 Å². The second-order valence-electron chi connectivity index (χ2n) is 10.2. The van der Waals surface area contributed by atoms with Gasteiger partial charge in [0.25, 0.3) is 5.91 Å². The summed E-state index contributed by atoms with van der Waals surface area (Å²) in [5, 5.41) is 29.5. The molecule has 0 radical (unpaired) electrons. The van der Waals surface area contributed by atoms with Crippen LogP contribution in [0, 0.1) is 22.7 Å². The number of benzene rings is 2. The summed E-state index contributed by atoms with van der Waals surface area (Å²) in [5.41, 5.74) is 8.39. The lowest BCUT2D eigenvalue weighted by Gasteiger charge is -2.28. The molecule has 12 nitrogen and oxygen atoms in total. The van der Waals surface area contributed by atoms with Crippen LogP contribution in [0.2, 0.25) is 0 Å². The van der Waals surface area contributed by atoms with E-state index in [2.05, 4.69) is 48.9 Å². The summed E-state index contributed by atoms with van der Waals surface area (Å²) in [4.78, 5) is 34.2. The average Bonchev–Trinajstić information content (AvgIpc) is 3.23. The van der Waals surface area contributed by atoms with Gasteiger partial charge in [0.1, 0.15) is 23.1 Å². The minimum Gasteiger partial charge on any atom is -0.507 e. The van der Waals surface area contributed by atoms with Gasteiger partial charge >= 0.3 is 0 Å². The molecule has 4 aromatic rings. The number of amides is 1. The van der Waals surface area contributed by atoms with E-state index in [1.165, 1.54) is 18.3 Å². The van der Waals surface area contributed by atoms with E-state index >= 15 is 0 Å². The van der Waals surface area contributed by atoms with Gasteiger partial charge in [0.05, 0.1) is 35.2 Å². The fraction of sp³-hybridized carbons (Fsp3) is 0.219. The van der Waals surface area contributed by atoms with Gasteiger partial charge in [0, 0.05) is 37.4 Å². The molecule has 0 saturated carbocycles. The second kappa shape index (κ2) is 13.4. The summed E-state index contributed by atoms with van der Waals surface area (Å²) < 4.78 is 0. The Labute approximate surface area is 254 Å². The van der Waals surface area contributed by atoms with Crippen LogP contribution >= 0.6 is 0 Å². The van der Waals surface area contributed by atoms with E-state index in [0.29, 0.717) is 53.6 Å². The molecule has 12 heteroatoms. The summed E-state index contributed by atoms with van der Waals surface area (Å²) in [6.07, 6.45) is 5.37. The first-order valence-electron chi connectivity index (χ1n) is 14.1. The lowest BCUT2D eigenvalue weighted by Crippen LogP contribution is -2.37. The summed E-state index contributed by atoms with van der Waals surface area (Å²) in [6.45, 7) is 3.94. The normalized spacial score (nSPS) is 15.2. The zero-order valence-corrected chi connectivity index (χ0v) is 24.2. The maximum atomic E-state index is 12.5. The van der Waals surface area contributed by atoms with Crippen LogP contribution in [0.25, 0.3) is 11.0 Å². The molecule has 1 saturated heterocycles. The first-order valence-corrected chi connectivity index (χ1v) is 14.1. The molecule has 1 fully saturated rings. The molecular formula is C32H32N10O2. The Kier molecular flexibility index (Phi) is 9.05. The summed E-state index contributed by atoms with van der Waals surface area (Å²) in [5.74, 6) is 6.34. The van der Waals surface area contributed by atoms with Gasteiger partial charge in [-0.2, -0.15) is 0 Å². The molecule has 2 aromatic carbocycles. The number of amidine groups is 1. The standard InChI is InChI=1S/C32H32N10O2/c1-21-13-16-41(27(31(34)35)19-23(33)22-7-2-5-10-28(22)43)17-18-42(21)30-12-15-36-29(40-30)11-6-14-37-32(44)26-20-38-24-8-3-4-9-25(24)39-26/h2-5,7-10,12,15,19-21,33,43H,13-14,16-18H2,1H3,(H3,34,35)(H,37,44)/b27-19+,33-23?. The zero-order chi connectivity index (χ0) is 31.1. The molecule has 3 heterocycles. The Bertz CT molecular complexity index is 1810. The molecule has 6 N–H and O–H groups in total. The first-order chi connectivity index (χ1) is 21.3. The zero-order valence-electron chi connectivity index (χ0n) is 24.2. The summed E-state index contributed by atoms with van der Waals surface area (Å²) in [7, 11) is 0. The number of hydrogen-bond donors (Lipinski definition) is 5. The third kappa shape index (κ3) is 6.96. The minimum atomic E-state index is -0.371. The van der Waals surface area contributed by atoms with Gasteiger partial charge in [-0.05, 0) is 55.7 Å². The molecule has 1 unspecified atom stereocenters. The van der Waals surface area contributed by atoms with Crippen LogP contribution in [0.1, 0.15) is 35.2 Å². The highest BCUT2D eigenvalue weighted by atomic mass is 16.3. The summed E-state index contributed by atoms with van der Waals surface area (Å²) >= 11 is 0. The van der Waals surface area contributed by atoms with Crippen LogP contribution in [0.3, 0.4) is 0 Å². The highest BCUT2D eigenvalue weighted by Gasteiger charge is 2.25. The molecule has 0 spiro atoms. The quantitative estimate of drug-likeness (QED) is 0.123. The Balaban J connectivity index is 1.23. The van der Waals surface area contributed by atoms with Gasteiger partial charge in [-0.3, -0.25) is 15.2 Å². The molecule has 0 bridgehead atoms. The fourth-order valence-electron chi connectivity index (χ4n) is 4.87. The average molecular weight is 589 g/mol. The van der Waals surface area contributed by atoms with Crippen LogP contribution < -0.4 is 16.0 Å². The number of rotatable bonds is 7. The van der Waals surface area contributed by atoms with Crippen molar-refractivity contribution in [2.24, 2.45) is 5.73 Å². The Morgan fingerprint density at radius 1 is 1.07 bits per heavy atom. The number of nitrogens with two attached hydrogens (primary N) is 1. The highest BCUT2D eigenvalue weighted by molar-refractivity contribution is 6.12. The number of allylic oxidation sites excluding steroid dienone is 1. The van der Waals surface area contributed by atoms with Crippen molar-refractivity contribution in [3.8, 4) is 17.6 Å². The van der Waals surface area contributed by atoms with Crippen molar-refractivity contribution in [1.29, 1.82) is 10.8 Å². The topological polar surface area (TPSA) is 181 Å². The van der Waals surface area contributed by atoms with E-state index in [4.69, 9.17) is 16.6 Å². The van der Waals surface area contributed by atoms with E-state index in [9.17, 15) is 9.90 Å². The molecule has 44 heavy (non-hydrogen) atoms. The second-order valence-corrected chi connectivity index (χ2v) is 10.2. The number of carbonyl (C=O) groups is 1. The van der Waals surface area contributed by atoms with Crippen molar-refractivity contribution in [3.05, 3.63) is 95.8 Å². The summed E-state index contributed by atoms with van der Waals surface area (Å²) in [6, 6.07) is 15.9. The molecule has 222 valence electrons. The van der Waals surface area contributed by atoms with Crippen LogP contribution in [0.5, 0.6) is 5.75 Å². The minimum absolute atomic E-state index is 0.00315. The Morgan fingerprint density at radius 2 is 1.84 bits per heavy atom. The number of hydrogen-bond acceptors (Lipinski definition) is 10. The molecule has 0 aliphatic carbocycles. The van der Waals surface area contributed by atoms with Gasteiger partial charge in [-0.1, -0.05) is 30.2 Å². The van der Waals surface area contributed by atoms with Crippen LogP contribution in [0.15, 0.2) is 78.8 Å². The predicted octanol–water partition coefficient (Wildman–Crippen LogP) is 2.70. The number of aromatic nitrogens is 4. The largest absolute Gasteiger partial charge is 0.507 e. The fourth-order valence-corrected chi connectivity index (χ4v) is 4.87. The molecule has 5 rings (SSSR count). The van der Waals surface area contributed by atoms with E-state index in [1.807, 2.05) is 29.2 Å². The van der Waals surface area contributed by atoms with Gasteiger partial charge in [0.15, 0.2) is 0 Å². The Hall–Kier alpha value is -5.83. The molecule has 2 aromatic heterocycles. The van der Waals surface area contributed by atoms with Gasteiger partial charge < -0.3 is 31.4 Å². The van der Waals surface area contributed by atoms with Crippen molar-refractivity contribution in [1.82, 2.24) is 30.2 Å². The van der Waals surface area contributed by atoms with Crippen molar-refractivity contribution >= 4 is 34.3 Å². The number of nitrogens with one attached hydrogen (secondary N) is 3. The van der Waals surface area contributed by atoms with Gasteiger partial charge in [-0.15, -0.1) is 0 Å². The lowest BCUT2D eigenvalue weighted by molar-refractivity contribution is 0.0953. The molecule has 1 atom stereocenters. The number of nitrogens with zero attached hydrogens (tertiary/aromatic N) is 6.